The van der Waals surface area contributed by atoms with E-state index in [2.05, 4.69) is 4.90 Å². The number of amides is 1. The van der Waals surface area contributed by atoms with Crippen LogP contribution in [0.15, 0.2) is 24.3 Å². The number of benzene rings is 1. The van der Waals surface area contributed by atoms with E-state index in [1.165, 1.54) is 0 Å². The first-order chi connectivity index (χ1) is 12.6. The minimum atomic E-state index is 0.173. The van der Waals surface area contributed by atoms with Crippen LogP contribution in [0.1, 0.15) is 35.2 Å². The molecule has 5 nitrogen and oxygen atoms in total. The highest BCUT2D eigenvalue weighted by molar-refractivity contribution is 5.94. The van der Waals surface area contributed by atoms with E-state index in [1.807, 2.05) is 36.1 Å². The van der Waals surface area contributed by atoms with Gasteiger partial charge in [0.2, 0.25) is 0 Å². The maximum absolute atomic E-state index is 12.8. The van der Waals surface area contributed by atoms with Crippen LogP contribution in [0.4, 0.5) is 0 Å². The molecular weight excluding hydrogens is 328 g/mol. The number of ether oxygens (including phenoxy) is 2. The van der Waals surface area contributed by atoms with Crippen molar-refractivity contribution in [1.82, 2.24) is 9.80 Å². The molecule has 3 heterocycles. The molecule has 26 heavy (non-hydrogen) atoms. The second-order valence-corrected chi connectivity index (χ2v) is 8.21. The van der Waals surface area contributed by atoms with Gasteiger partial charge in [-0.15, -0.1) is 0 Å². The average Bonchev–Trinajstić information content (AvgIpc) is 3.05. The van der Waals surface area contributed by atoms with Gasteiger partial charge in [0.1, 0.15) is 0 Å². The molecule has 0 bridgehead atoms. The lowest BCUT2D eigenvalue weighted by molar-refractivity contribution is 0.00524. The lowest BCUT2D eigenvalue weighted by Gasteiger charge is -2.38. The van der Waals surface area contributed by atoms with Gasteiger partial charge in [0.15, 0.2) is 0 Å². The van der Waals surface area contributed by atoms with E-state index in [0.717, 1.165) is 82.9 Å². The van der Waals surface area contributed by atoms with Crippen molar-refractivity contribution in [3.63, 3.8) is 0 Å². The second kappa shape index (κ2) is 7.67. The van der Waals surface area contributed by atoms with Crippen molar-refractivity contribution in [1.29, 1.82) is 0 Å². The van der Waals surface area contributed by atoms with Crippen LogP contribution in [0, 0.1) is 12.3 Å². The van der Waals surface area contributed by atoms with Gasteiger partial charge in [-0.1, -0.05) is 17.7 Å². The maximum Gasteiger partial charge on any atom is 0.253 e. The molecule has 0 aromatic heterocycles. The Bertz CT molecular complexity index is 634. The zero-order chi connectivity index (χ0) is 18.0. The molecule has 3 aliphatic heterocycles. The van der Waals surface area contributed by atoms with Gasteiger partial charge in [-0.05, 0) is 43.7 Å². The molecule has 0 radical (unpaired) electrons. The van der Waals surface area contributed by atoms with Crippen molar-refractivity contribution < 1.29 is 14.3 Å². The number of aryl methyl sites for hydroxylation is 1. The van der Waals surface area contributed by atoms with Crippen LogP contribution < -0.4 is 0 Å². The molecule has 3 aliphatic rings. The number of nitrogens with zero attached hydrogens (tertiary/aromatic N) is 2. The molecule has 1 unspecified atom stereocenters. The smallest absolute Gasteiger partial charge is 0.253 e. The molecule has 1 aromatic rings. The van der Waals surface area contributed by atoms with E-state index in [9.17, 15) is 4.79 Å². The van der Waals surface area contributed by atoms with E-state index >= 15 is 0 Å². The summed E-state index contributed by atoms with van der Waals surface area (Å²) in [6.45, 7) is 9.33. The highest BCUT2D eigenvalue weighted by Crippen LogP contribution is 2.42. The van der Waals surface area contributed by atoms with Gasteiger partial charge in [-0.25, -0.2) is 0 Å². The summed E-state index contributed by atoms with van der Waals surface area (Å²) >= 11 is 0. The Kier molecular flexibility index (Phi) is 5.30. The normalized spacial score (nSPS) is 26.3. The number of piperidine rings is 1. The molecule has 3 fully saturated rings. The Balaban J connectivity index is 1.30. The topological polar surface area (TPSA) is 42.0 Å². The van der Waals surface area contributed by atoms with Gasteiger partial charge >= 0.3 is 0 Å². The van der Waals surface area contributed by atoms with E-state index in [1.54, 1.807) is 0 Å². The fourth-order valence-corrected chi connectivity index (χ4v) is 4.58. The number of carbonyl (C=O) groups excluding carboxylic acids is 1. The highest BCUT2D eigenvalue weighted by Gasteiger charge is 2.43. The van der Waals surface area contributed by atoms with E-state index < -0.39 is 0 Å². The third-order valence-electron chi connectivity index (χ3n) is 6.23. The quantitative estimate of drug-likeness (QED) is 0.832. The summed E-state index contributed by atoms with van der Waals surface area (Å²) in [5.41, 5.74) is 2.23. The molecule has 1 spiro atoms. The van der Waals surface area contributed by atoms with Crippen molar-refractivity contribution in [3.8, 4) is 0 Å². The van der Waals surface area contributed by atoms with E-state index in [-0.39, 0.29) is 11.3 Å². The van der Waals surface area contributed by atoms with Crippen LogP contribution >= 0.6 is 0 Å². The van der Waals surface area contributed by atoms with Gasteiger partial charge in [-0.2, -0.15) is 0 Å². The minimum absolute atomic E-state index is 0.173. The van der Waals surface area contributed by atoms with Crippen LogP contribution in [-0.4, -0.2) is 74.4 Å². The molecule has 0 saturated carbocycles. The first kappa shape index (κ1) is 18.0. The van der Waals surface area contributed by atoms with Crippen molar-refractivity contribution in [2.75, 3.05) is 52.5 Å². The van der Waals surface area contributed by atoms with Crippen LogP contribution in [0.5, 0.6) is 0 Å². The van der Waals surface area contributed by atoms with Crippen LogP contribution in [-0.2, 0) is 9.47 Å². The third kappa shape index (κ3) is 3.95. The second-order valence-electron chi connectivity index (χ2n) is 8.21. The molecule has 0 aliphatic carbocycles. The minimum Gasteiger partial charge on any atom is -0.379 e. The van der Waals surface area contributed by atoms with Crippen LogP contribution in [0.2, 0.25) is 0 Å². The summed E-state index contributed by atoms with van der Waals surface area (Å²) in [7, 11) is 0. The van der Waals surface area contributed by atoms with E-state index in [4.69, 9.17) is 9.47 Å². The molecule has 5 heteroatoms. The molecule has 4 rings (SSSR count). The molecular formula is C21H30N2O3. The molecule has 1 amide bonds. The zero-order valence-corrected chi connectivity index (χ0v) is 15.8. The summed E-state index contributed by atoms with van der Waals surface area (Å²) in [5.74, 6) is 0.173. The van der Waals surface area contributed by atoms with Gasteiger partial charge in [0.05, 0.1) is 25.9 Å². The number of carbonyl (C=O) groups is 1. The van der Waals surface area contributed by atoms with Gasteiger partial charge in [-0.3, -0.25) is 9.69 Å². The molecule has 3 saturated heterocycles. The number of rotatable bonds is 3. The van der Waals surface area contributed by atoms with Gasteiger partial charge in [0.25, 0.3) is 5.91 Å². The molecule has 1 aromatic carbocycles. The lowest BCUT2D eigenvalue weighted by atomic mass is 9.76. The van der Waals surface area contributed by atoms with Crippen molar-refractivity contribution in [2.24, 2.45) is 5.41 Å². The maximum atomic E-state index is 12.8. The predicted molar refractivity (Wildman–Crippen MR) is 100 cm³/mol. The summed E-state index contributed by atoms with van der Waals surface area (Å²) in [6, 6.07) is 7.92. The molecule has 142 valence electrons. The summed E-state index contributed by atoms with van der Waals surface area (Å²) in [4.78, 5) is 17.2. The lowest BCUT2D eigenvalue weighted by Crippen LogP contribution is -2.44. The van der Waals surface area contributed by atoms with E-state index in [0.29, 0.717) is 6.10 Å². The SMILES string of the molecule is Cc1cccc(C(=O)N2CCC3(CC2)COC(CN2CCOCC2)C3)c1. The van der Waals surface area contributed by atoms with Gasteiger partial charge in [0, 0.05) is 38.3 Å². The Morgan fingerprint density at radius 2 is 1.96 bits per heavy atom. The summed E-state index contributed by atoms with van der Waals surface area (Å²) in [6.07, 6.45) is 3.60. The zero-order valence-electron chi connectivity index (χ0n) is 15.8. The number of morpholine rings is 1. The third-order valence-corrected chi connectivity index (χ3v) is 6.23. The first-order valence-corrected chi connectivity index (χ1v) is 9.91. The largest absolute Gasteiger partial charge is 0.379 e. The molecule has 0 N–H and O–H groups in total. The van der Waals surface area contributed by atoms with Crippen LogP contribution in [0.3, 0.4) is 0 Å². The standard InChI is InChI=1S/C21H30N2O3/c1-17-3-2-4-18(13-17)20(24)23-7-5-21(6-8-23)14-19(26-16-21)15-22-9-11-25-12-10-22/h2-4,13,19H,5-12,14-16H2,1H3. The summed E-state index contributed by atoms with van der Waals surface area (Å²) in [5, 5.41) is 0. The van der Waals surface area contributed by atoms with Crippen molar-refractivity contribution in [3.05, 3.63) is 35.4 Å². The number of hydrogen-bond acceptors (Lipinski definition) is 4. The molecule has 1 atom stereocenters. The van der Waals surface area contributed by atoms with Crippen LogP contribution in [0.25, 0.3) is 0 Å². The first-order valence-electron chi connectivity index (χ1n) is 9.91. The number of likely N-dealkylation sites (tertiary alicyclic amines) is 1. The van der Waals surface area contributed by atoms with Crippen molar-refractivity contribution >= 4 is 5.91 Å². The highest BCUT2D eigenvalue weighted by atomic mass is 16.5. The average molecular weight is 358 g/mol. The Morgan fingerprint density at radius 1 is 1.19 bits per heavy atom. The Morgan fingerprint density at radius 3 is 2.69 bits per heavy atom. The van der Waals surface area contributed by atoms with Gasteiger partial charge < -0.3 is 14.4 Å². The monoisotopic (exact) mass is 358 g/mol. The number of hydrogen-bond donors (Lipinski definition) is 0. The fourth-order valence-electron chi connectivity index (χ4n) is 4.58. The Hall–Kier alpha value is -1.43. The summed E-state index contributed by atoms with van der Waals surface area (Å²) < 4.78 is 11.6. The Labute approximate surface area is 156 Å². The predicted octanol–water partition coefficient (Wildman–Crippen LogP) is 2.34. The van der Waals surface area contributed by atoms with Crippen molar-refractivity contribution in [2.45, 2.75) is 32.3 Å². The fraction of sp³-hybridized carbons (Fsp3) is 0.667.